The van der Waals surface area contributed by atoms with E-state index >= 15 is 0 Å². The zero-order chi connectivity index (χ0) is 25.3. The first-order valence-corrected chi connectivity index (χ1v) is 13.8. The van der Waals surface area contributed by atoms with Gasteiger partial charge in [-0.05, 0) is 29.7 Å². The molecule has 2 amide bonds. The van der Waals surface area contributed by atoms with Gasteiger partial charge in [0.05, 0.1) is 10.2 Å². The zero-order valence-corrected chi connectivity index (χ0v) is 22.1. The molecule has 36 heavy (non-hydrogen) atoms. The summed E-state index contributed by atoms with van der Waals surface area (Å²) in [5, 5.41) is 3.54. The molecule has 0 bridgehead atoms. The molecule has 3 aromatic carbocycles. The van der Waals surface area contributed by atoms with Crippen molar-refractivity contribution in [3.05, 3.63) is 96.1 Å². The van der Waals surface area contributed by atoms with E-state index in [-0.39, 0.29) is 11.9 Å². The molecule has 9 heteroatoms. The molecule has 7 nitrogen and oxygen atoms in total. The van der Waals surface area contributed by atoms with E-state index in [2.05, 4.69) is 39.3 Å². The average Bonchev–Trinajstić information content (AvgIpc) is 3.31. The summed E-state index contributed by atoms with van der Waals surface area (Å²) < 4.78 is 17.7. The second-order valence-electron chi connectivity index (χ2n) is 8.52. The van der Waals surface area contributed by atoms with Crippen LogP contribution in [0.3, 0.4) is 0 Å². The number of anilines is 1. The first kappa shape index (κ1) is 26.0. The van der Waals surface area contributed by atoms with Crippen molar-refractivity contribution in [2.75, 3.05) is 39.0 Å². The number of hydrogen-bond acceptors (Lipinski definition) is 4. The van der Waals surface area contributed by atoms with Crippen molar-refractivity contribution < 1.29 is 9.00 Å². The van der Waals surface area contributed by atoms with E-state index < -0.39 is 11.2 Å². The van der Waals surface area contributed by atoms with Crippen LogP contribution in [0.1, 0.15) is 23.5 Å². The number of carbonyl (C=O) groups is 1. The lowest BCUT2D eigenvalue weighted by Gasteiger charge is -2.26. The van der Waals surface area contributed by atoms with Gasteiger partial charge >= 0.3 is 6.03 Å². The Bertz CT molecular complexity index is 1210. The van der Waals surface area contributed by atoms with Crippen LogP contribution in [0.2, 0.25) is 0 Å². The fourth-order valence-corrected chi connectivity index (χ4v) is 5.37. The topological polar surface area (TPSA) is 77.6 Å². The largest absolute Gasteiger partial charge is 0.323 e. The summed E-state index contributed by atoms with van der Waals surface area (Å²) in [7, 11) is 3.48. The van der Waals surface area contributed by atoms with Crippen LogP contribution < -0.4 is 10.0 Å². The van der Waals surface area contributed by atoms with Gasteiger partial charge in [0.15, 0.2) is 16.3 Å². The van der Waals surface area contributed by atoms with Crippen molar-refractivity contribution in [1.82, 2.24) is 18.9 Å². The van der Waals surface area contributed by atoms with Gasteiger partial charge in [-0.1, -0.05) is 84.1 Å². The molecule has 0 radical (unpaired) electrons. The number of carbonyl (C=O) groups excluding carboxylic acids is 1. The van der Waals surface area contributed by atoms with E-state index in [1.165, 1.54) is 22.5 Å². The van der Waals surface area contributed by atoms with Crippen LogP contribution in [-0.4, -0.2) is 58.2 Å². The summed E-state index contributed by atoms with van der Waals surface area (Å²) in [6, 6.07) is 28.3. The minimum Gasteiger partial charge on any atom is -0.323 e. The minimum atomic E-state index is -1.31. The summed E-state index contributed by atoms with van der Waals surface area (Å²) in [4.78, 5) is 19.7. The van der Waals surface area contributed by atoms with Crippen molar-refractivity contribution in [1.29, 1.82) is 0 Å². The molecular weight excluding hydrogens is 490 g/mol. The molecule has 4 rings (SSSR count). The highest BCUT2D eigenvalue weighted by Gasteiger charge is 2.20. The van der Waals surface area contributed by atoms with E-state index in [0.717, 1.165) is 16.6 Å². The van der Waals surface area contributed by atoms with Gasteiger partial charge in [0.1, 0.15) is 0 Å². The predicted molar refractivity (Wildman–Crippen MR) is 149 cm³/mol. The first-order chi connectivity index (χ1) is 17.5. The Morgan fingerprint density at radius 3 is 2.14 bits per heavy atom. The van der Waals surface area contributed by atoms with Gasteiger partial charge in [-0.2, -0.15) is 0 Å². The van der Waals surface area contributed by atoms with Gasteiger partial charge in [-0.3, -0.25) is 5.32 Å². The third kappa shape index (κ3) is 6.98. The van der Waals surface area contributed by atoms with Crippen LogP contribution in [0.4, 0.5) is 9.93 Å². The summed E-state index contributed by atoms with van der Waals surface area (Å²) in [6.07, 6.45) is 0.748. The molecule has 0 aliphatic heterocycles. The van der Waals surface area contributed by atoms with Crippen molar-refractivity contribution >= 4 is 43.9 Å². The predicted octanol–water partition coefficient (Wildman–Crippen LogP) is 5.08. The fourth-order valence-electron chi connectivity index (χ4n) is 3.99. The molecule has 1 heterocycles. The van der Waals surface area contributed by atoms with Crippen LogP contribution in [0.25, 0.3) is 10.2 Å². The second kappa shape index (κ2) is 12.7. The minimum absolute atomic E-state index is 0.147. The molecule has 2 N–H and O–H groups in total. The first-order valence-electron chi connectivity index (χ1n) is 11.9. The number of benzene rings is 3. The molecule has 0 saturated heterocycles. The number of nitrogens with zero attached hydrogens (tertiary/aromatic N) is 3. The Kier molecular flexibility index (Phi) is 9.18. The Balaban J connectivity index is 1.50. The van der Waals surface area contributed by atoms with Crippen molar-refractivity contribution in [3.63, 3.8) is 0 Å². The summed E-state index contributed by atoms with van der Waals surface area (Å²) in [6.45, 7) is 1.34. The molecule has 188 valence electrons. The highest BCUT2D eigenvalue weighted by Crippen LogP contribution is 2.29. The number of amides is 2. The van der Waals surface area contributed by atoms with E-state index in [1.54, 1.807) is 23.3 Å². The van der Waals surface area contributed by atoms with Crippen LogP contribution in [0, 0.1) is 0 Å². The number of nitrogens with one attached hydrogen (secondary N) is 2. The molecule has 0 aliphatic carbocycles. The fraction of sp³-hybridized carbons (Fsp3) is 0.259. The van der Waals surface area contributed by atoms with Gasteiger partial charge in [-0.15, -0.1) is 0 Å². The van der Waals surface area contributed by atoms with Crippen molar-refractivity contribution in [2.45, 2.75) is 12.3 Å². The van der Waals surface area contributed by atoms with E-state index in [9.17, 15) is 9.00 Å². The van der Waals surface area contributed by atoms with Crippen LogP contribution in [-0.2, 0) is 11.2 Å². The highest BCUT2D eigenvalue weighted by atomic mass is 32.2. The monoisotopic (exact) mass is 521 g/mol. The Morgan fingerprint density at radius 1 is 0.917 bits per heavy atom. The number of urea groups is 1. The Morgan fingerprint density at radius 2 is 1.53 bits per heavy atom. The molecule has 4 aromatic rings. The number of thiazole rings is 1. The summed E-state index contributed by atoms with van der Waals surface area (Å²) in [5.41, 5.74) is 3.28. The lowest BCUT2D eigenvalue weighted by molar-refractivity contribution is 0.211. The van der Waals surface area contributed by atoms with Gasteiger partial charge in [0.2, 0.25) is 0 Å². The van der Waals surface area contributed by atoms with E-state index in [1.807, 2.05) is 60.7 Å². The number of hydrogen-bond donors (Lipinski definition) is 2. The van der Waals surface area contributed by atoms with Crippen molar-refractivity contribution in [3.8, 4) is 0 Å². The third-order valence-corrected chi connectivity index (χ3v) is 7.89. The zero-order valence-electron chi connectivity index (χ0n) is 20.5. The van der Waals surface area contributed by atoms with Gasteiger partial charge in [0, 0.05) is 39.6 Å². The lowest BCUT2D eigenvalue weighted by Crippen LogP contribution is -2.42. The highest BCUT2D eigenvalue weighted by molar-refractivity contribution is 7.80. The number of rotatable bonds is 11. The lowest BCUT2D eigenvalue weighted by atomic mass is 9.88. The number of aromatic nitrogens is 1. The Hall–Kier alpha value is -3.11. The maximum absolute atomic E-state index is 13.4. The molecule has 1 atom stereocenters. The molecule has 1 unspecified atom stereocenters. The normalized spacial score (nSPS) is 12.2. The molecule has 0 fully saturated rings. The SMILES string of the molecule is CN(C)S(=O)NCCN(CCC(c1ccccc1)c1ccccc1)C(=O)Nc1nc2ccccc2s1. The quantitative estimate of drug-likeness (QED) is 0.289. The molecular formula is C27H31N5O2S2. The standard InChI is InChI=1S/C27H31N5O2S2/c1-31(2)36(34)28-18-20-32(27(33)30-26-29-24-15-9-10-16-25(24)35-26)19-17-23(21-11-5-3-6-12-21)22-13-7-4-8-14-22/h3-16,23,28H,17-20H2,1-2H3,(H,29,30,33). The molecule has 0 spiro atoms. The maximum Gasteiger partial charge on any atom is 0.323 e. The molecule has 0 saturated carbocycles. The summed E-state index contributed by atoms with van der Waals surface area (Å²) in [5.74, 6) is 0.147. The van der Waals surface area contributed by atoms with Gasteiger partial charge in [0.25, 0.3) is 0 Å². The maximum atomic E-state index is 13.4. The van der Waals surface area contributed by atoms with Gasteiger partial charge < -0.3 is 4.90 Å². The smallest absolute Gasteiger partial charge is 0.323 e. The number of para-hydroxylation sites is 1. The molecule has 1 aromatic heterocycles. The van der Waals surface area contributed by atoms with E-state index in [4.69, 9.17) is 0 Å². The average molecular weight is 522 g/mol. The van der Waals surface area contributed by atoms with Crippen molar-refractivity contribution in [2.24, 2.45) is 0 Å². The number of fused-ring (bicyclic) bond motifs is 1. The second-order valence-corrected chi connectivity index (χ2v) is 11.1. The van der Waals surface area contributed by atoms with Crippen LogP contribution in [0.5, 0.6) is 0 Å². The Labute approximate surface area is 218 Å². The van der Waals surface area contributed by atoms with E-state index in [0.29, 0.717) is 24.8 Å². The summed E-state index contributed by atoms with van der Waals surface area (Å²) >= 11 is 0.146. The van der Waals surface area contributed by atoms with Crippen LogP contribution in [0.15, 0.2) is 84.9 Å². The molecule has 0 aliphatic rings. The van der Waals surface area contributed by atoms with Gasteiger partial charge in [-0.25, -0.2) is 23.0 Å². The third-order valence-electron chi connectivity index (χ3n) is 5.83. The van der Waals surface area contributed by atoms with Crippen LogP contribution >= 0.6 is 11.3 Å².